The monoisotopic (exact) mass is 322 g/mol. The normalized spacial score (nSPS) is 25.6. The van der Waals surface area contributed by atoms with E-state index in [0.717, 1.165) is 32.2 Å². The fraction of sp³-hybridized carbons (Fsp3) is 0.562. The molecule has 0 bridgehead atoms. The highest BCUT2D eigenvalue weighted by Gasteiger charge is 2.32. The van der Waals surface area contributed by atoms with E-state index in [4.69, 9.17) is 0 Å². The molecule has 2 heterocycles. The molecule has 2 aliphatic heterocycles. The van der Waals surface area contributed by atoms with E-state index in [0.29, 0.717) is 30.5 Å². The lowest BCUT2D eigenvalue weighted by Gasteiger charge is -2.22. The van der Waals surface area contributed by atoms with Gasteiger partial charge in [-0.2, -0.15) is 0 Å². The maximum absolute atomic E-state index is 12.8. The van der Waals surface area contributed by atoms with Crippen LogP contribution >= 0.6 is 0 Å². The quantitative estimate of drug-likeness (QED) is 0.887. The van der Waals surface area contributed by atoms with Gasteiger partial charge in [-0.3, -0.25) is 4.79 Å². The van der Waals surface area contributed by atoms with Crippen molar-refractivity contribution in [3.05, 3.63) is 29.8 Å². The van der Waals surface area contributed by atoms with Crippen molar-refractivity contribution in [3.63, 3.8) is 0 Å². The number of likely N-dealkylation sites (tertiary alicyclic amines) is 1. The van der Waals surface area contributed by atoms with Crippen molar-refractivity contribution >= 4 is 15.7 Å². The predicted octanol–water partition coefficient (Wildman–Crippen LogP) is 1.16. The van der Waals surface area contributed by atoms with Crippen molar-refractivity contribution in [3.8, 4) is 0 Å². The highest BCUT2D eigenvalue weighted by atomic mass is 32.2. The number of sulfone groups is 1. The first-order chi connectivity index (χ1) is 10.5. The summed E-state index contributed by atoms with van der Waals surface area (Å²) in [4.78, 5) is 14.7. The van der Waals surface area contributed by atoms with Gasteiger partial charge >= 0.3 is 0 Å². The summed E-state index contributed by atoms with van der Waals surface area (Å²) in [6.45, 7) is 3.48. The van der Waals surface area contributed by atoms with Gasteiger partial charge in [0, 0.05) is 19.3 Å². The molecule has 0 saturated carbocycles. The molecule has 3 rings (SSSR count). The number of fused-ring (bicyclic) bond motifs is 1. The molecule has 2 atom stereocenters. The molecule has 2 saturated heterocycles. The summed E-state index contributed by atoms with van der Waals surface area (Å²) in [6, 6.07) is 6.51. The zero-order chi connectivity index (χ0) is 15.7. The van der Waals surface area contributed by atoms with Gasteiger partial charge in [0.15, 0.2) is 9.84 Å². The van der Waals surface area contributed by atoms with Gasteiger partial charge in [-0.25, -0.2) is 8.42 Å². The van der Waals surface area contributed by atoms with Crippen LogP contribution in [0.4, 0.5) is 0 Å². The largest absolute Gasteiger partial charge is 0.339 e. The van der Waals surface area contributed by atoms with Gasteiger partial charge in [0.25, 0.3) is 5.91 Å². The van der Waals surface area contributed by atoms with E-state index < -0.39 is 9.84 Å². The number of benzene rings is 1. The third kappa shape index (κ3) is 3.03. The zero-order valence-electron chi connectivity index (χ0n) is 12.8. The summed E-state index contributed by atoms with van der Waals surface area (Å²) in [7, 11) is -3.40. The number of carbonyl (C=O) groups excluding carboxylic acids is 1. The van der Waals surface area contributed by atoms with E-state index in [1.165, 1.54) is 6.07 Å². The molecule has 0 unspecified atom stereocenters. The average Bonchev–Trinajstić information content (AvgIpc) is 2.84. The van der Waals surface area contributed by atoms with Crippen LogP contribution in [-0.4, -0.2) is 51.7 Å². The molecule has 2 aliphatic rings. The third-order valence-electron chi connectivity index (χ3n) is 4.82. The van der Waals surface area contributed by atoms with E-state index in [1.807, 2.05) is 4.90 Å². The van der Waals surface area contributed by atoms with E-state index >= 15 is 0 Å². The Morgan fingerprint density at radius 3 is 2.32 bits per heavy atom. The van der Waals surface area contributed by atoms with E-state index in [-0.39, 0.29) is 10.8 Å². The molecule has 1 N–H and O–H groups in total. The number of amides is 1. The smallest absolute Gasteiger partial charge is 0.255 e. The summed E-state index contributed by atoms with van der Waals surface area (Å²) in [5.74, 6) is 1.12. The van der Waals surface area contributed by atoms with E-state index in [9.17, 15) is 13.2 Å². The molecule has 6 heteroatoms. The van der Waals surface area contributed by atoms with Gasteiger partial charge in [0.1, 0.15) is 0 Å². The summed E-state index contributed by atoms with van der Waals surface area (Å²) < 4.78 is 23.8. The van der Waals surface area contributed by atoms with Gasteiger partial charge in [-0.05, 0) is 49.9 Å². The molecule has 1 aromatic carbocycles. The zero-order valence-corrected chi connectivity index (χ0v) is 13.6. The Bertz CT molecular complexity index is 658. The number of rotatable bonds is 2. The fourth-order valence-corrected chi connectivity index (χ4v) is 4.44. The van der Waals surface area contributed by atoms with Crippen LogP contribution in [0.2, 0.25) is 0 Å². The van der Waals surface area contributed by atoms with Crippen molar-refractivity contribution in [1.82, 2.24) is 10.2 Å². The van der Waals surface area contributed by atoms with Crippen LogP contribution in [-0.2, 0) is 9.84 Å². The van der Waals surface area contributed by atoms with Gasteiger partial charge < -0.3 is 10.2 Å². The van der Waals surface area contributed by atoms with Gasteiger partial charge in [0.2, 0.25) is 0 Å². The number of carbonyl (C=O) groups is 1. The summed E-state index contributed by atoms with van der Waals surface area (Å²) in [5, 5.41) is 3.41. The first-order valence-electron chi connectivity index (χ1n) is 7.76. The Labute approximate surface area is 131 Å². The molecular weight excluding hydrogens is 300 g/mol. The highest BCUT2D eigenvalue weighted by molar-refractivity contribution is 7.90. The van der Waals surface area contributed by atoms with Crippen molar-refractivity contribution in [2.24, 2.45) is 11.8 Å². The molecule has 0 aliphatic carbocycles. The topological polar surface area (TPSA) is 66.5 Å². The lowest BCUT2D eigenvalue weighted by molar-refractivity contribution is 0.0754. The van der Waals surface area contributed by atoms with Crippen LogP contribution < -0.4 is 5.32 Å². The van der Waals surface area contributed by atoms with Crippen LogP contribution in [0, 0.1) is 11.8 Å². The van der Waals surface area contributed by atoms with Crippen molar-refractivity contribution in [1.29, 1.82) is 0 Å². The molecule has 0 spiro atoms. The Morgan fingerprint density at radius 1 is 1.14 bits per heavy atom. The minimum atomic E-state index is -3.40. The third-order valence-corrected chi connectivity index (χ3v) is 5.98. The minimum absolute atomic E-state index is 0.131. The minimum Gasteiger partial charge on any atom is -0.339 e. The van der Waals surface area contributed by atoms with Crippen molar-refractivity contribution < 1.29 is 13.2 Å². The first kappa shape index (κ1) is 15.5. The summed E-state index contributed by atoms with van der Waals surface area (Å²) >= 11 is 0. The molecule has 1 amide bonds. The van der Waals surface area contributed by atoms with Crippen LogP contribution in [0.3, 0.4) is 0 Å². The van der Waals surface area contributed by atoms with Crippen molar-refractivity contribution in [2.75, 3.05) is 32.4 Å². The molecular formula is C16H22N2O3S. The molecule has 1 aromatic rings. The van der Waals surface area contributed by atoms with Gasteiger partial charge in [-0.1, -0.05) is 12.1 Å². The molecule has 22 heavy (non-hydrogen) atoms. The number of nitrogens with zero attached hydrogens (tertiary/aromatic N) is 1. The lowest BCUT2D eigenvalue weighted by atomic mass is 9.92. The molecule has 120 valence electrons. The number of hydrogen-bond acceptors (Lipinski definition) is 4. The van der Waals surface area contributed by atoms with Crippen LogP contribution in [0.25, 0.3) is 0 Å². The second-order valence-corrected chi connectivity index (χ2v) is 8.30. The fourth-order valence-electron chi connectivity index (χ4n) is 3.56. The molecule has 5 nitrogen and oxygen atoms in total. The Kier molecular flexibility index (Phi) is 4.23. The maximum Gasteiger partial charge on any atom is 0.255 e. The molecule has 0 radical (unpaired) electrons. The Balaban J connectivity index is 1.83. The molecule has 2 fully saturated rings. The Hall–Kier alpha value is -1.40. The van der Waals surface area contributed by atoms with Crippen LogP contribution in [0.5, 0.6) is 0 Å². The second-order valence-electron chi connectivity index (χ2n) is 6.32. The van der Waals surface area contributed by atoms with Gasteiger partial charge in [-0.15, -0.1) is 0 Å². The first-order valence-corrected chi connectivity index (χ1v) is 9.65. The van der Waals surface area contributed by atoms with Crippen molar-refractivity contribution in [2.45, 2.75) is 17.7 Å². The lowest BCUT2D eigenvalue weighted by Crippen LogP contribution is -2.33. The molecule has 0 aromatic heterocycles. The number of hydrogen-bond donors (Lipinski definition) is 1. The predicted molar refractivity (Wildman–Crippen MR) is 84.5 cm³/mol. The van der Waals surface area contributed by atoms with Crippen LogP contribution in [0.15, 0.2) is 29.2 Å². The SMILES string of the molecule is CS(=O)(=O)c1ccccc1C(=O)N1CC[C@@H]2CNC[C@@H]2CC1. The van der Waals surface area contributed by atoms with E-state index in [2.05, 4.69) is 5.32 Å². The van der Waals surface area contributed by atoms with E-state index in [1.54, 1.807) is 18.2 Å². The average molecular weight is 322 g/mol. The second kappa shape index (κ2) is 6.01. The highest BCUT2D eigenvalue weighted by Crippen LogP contribution is 2.28. The van der Waals surface area contributed by atoms with Gasteiger partial charge in [0.05, 0.1) is 10.5 Å². The number of nitrogens with one attached hydrogen (secondary N) is 1. The Morgan fingerprint density at radius 2 is 1.73 bits per heavy atom. The maximum atomic E-state index is 12.8. The standard InChI is InChI=1S/C16H22N2O3S/c1-22(20,21)15-5-3-2-4-14(15)16(19)18-8-6-12-10-17-11-13(12)7-9-18/h2-5,12-13,17H,6-11H2,1H3/t12-,13+. The summed E-state index contributed by atoms with van der Waals surface area (Å²) in [6.07, 6.45) is 3.13. The van der Waals surface area contributed by atoms with Crippen LogP contribution in [0.1, 0.15) is 23.2 Å². The summed E-state index contributed by atoms with van der Waals surface area (Å²) in [5.41, 5.74) is 0.301.